The summed E-state index contributed by atoms with van der Waals surface area (Å²) in [5, 5.41) is 8.84. The molecular weight excluding hydrogens is 334 g/mol. The molecule has 0 aliphatic rings. The van der Waals surface area contributed by atoms with Gasteiger partial charge in [-0.15, -0.1) is 11.3 Å². The Morgan fingerprint density at radius 1 is 1.16 bits per heavy atom. The van der Waals surface area contributed by atoms with E-state index >= 15 is 0 Å². The third-order valence-corrected chi connectivity index (χ3v) is 4.48. The molecule has 0 spiro atoms. The number of rotatable bonds is 12. The first kappa shape index (κ1) is 19.5. The SMILES string of the molecule is CCCCOCCCNC(=NCc1cccs1)NCCc1ccco1. The van der Waals surface area contributed by atoms with Crippen molar-refractivity contribution in [1.82, 2.24) is 10.6 Å². The summed E-state index contributed by atoms with van der Waals surface area (Å²) in [6.07, 6.45) is 5.83. The Morgan fingerprint density at radius 2 is 2.04 bits per heavy atom. The van der Waals surface area contributed by atoms with Crippen LogP contribution in [0.3, 0.4) is 0 Å². The molecule has 0 saturated heterocycles. The first-order valence-corrected chi connectivity index (χ1v) is 9.91. The average molecular weight is 364 g/mol. The summed E-state index contributed by atoms with van der Waals surface area (Å²) >= 11 is 1.73. The van der Waals surface area contributed by atoms with Crippen LogP contribution in [0.25, 0.3) is 0 Å². The summed E-state index contributed by atoms with van der Waals surface area (Å²) in [5.41, 5.74) is 0. The van der Waals surface area contributed by atoms with Crippen LogP contribution in [-0.2, 0) is 17.7 Å². The van der Waals surface area contributed by atoms with Crippen molar-refractivity contribution in [2.24, 2.45) is 4.99 Å². The molecule has 0 atom stereocenters. The van der Waals surface area contributed by atoms with Crippen molar-refractivity contribution >= 4 is 17.3 Å². The molecule has 0 aliphatic carbocycles. The molecule has 2 N–H and O–H groups in total. The van der Waals surface area contributed by atoms with Crippen LogP contribution in [0.15, 0.2) is 45.3 Å². The maximum absolute atomic E-state index is 5.59. The molecule has 2 heterocycles. The molecule has 0 aromatic carbocycles. The van der Waals surface area contributed by atoms with Gasteiger partial charge < -0.3 is 19.8 Å². The van der Waals surface area contributed by atoms with Crippen LogP contribution in [0.5, 0.6) is 0 Å². The molecule has 2 aromatic rings. The fraction of sp³-hybridized carbons (Fsp3) is 0.526. The zero-order valence-electron chi connectivity index (χ0n) is 15.0. The zero-order chi connectivity index (χ0) is 17.6. The molecule has 0 radical (unpaired) electrons. The number of unbranched alkanes of at least 4 members (excludes halogenated alkanes) is 1. The first-order chi connectivity index (χ1) is 12.4. The molecule has 0 fully saturated rings. The van der Waals surface area contributed by atoms with Crippen molar-refractivity contribution < 1.29 is 9.15 Å². The molecule has 0 unspecified atom stereocenters. The van der Waals surface area contributed by atoms with Crippen LogP contribution in [0, 0.1) is 0 Å². The van der Waals surface area contributed by atoms with Gasteiger partial charge in [-0.25, -0.2) is 4.99 Å². The number of ether oxygens (including phenoxy) is 1. The zero-order valence-corrected chi connectivity index (χ0v) is 15.8. The highest BCUT2D eigenvalue weighted by Crippen LogP contribution is 2.09. The molecule has 5 nitrogen and oxygen atoms in total. The summed E-state index contributed by atoms with van der Waals surface area (Å²) < 4.78 is 11.0. The van der Waals surface area contributed by atoms with E-state index in [0.29, 0.717) is 6.54 Å². The maximum atomic E-state index is 5.59. The van der Waals surface area contributed by atoms with Gasteiger partial charge in [-0.1, -0.05) is 19.4 Å². The van der Waals surface area contributed by atoms with E-state index in [1.165, 1.54) is 11.3 Å². The molecule has 2 aromatic heterocycles. The van der Waals surface area contributed by atoms with Crippen LogP contribution in [0.4, 0.5) is 0 Å². The number of nitrogens with one attached hydrogen (secondary N) is 2. The fourth-order valence-electron chi connectivity index (χ4n) is 2.22. The van der Waals surface area contributed by atoms with Gasteiger partial charge in [0.25, 0.3) is 0 Å². The Morgan fingerprint density at radius 3 is 2.80 bits per heavy atom. The lowest BCUT2D eigenvalue weighted by molar-refractivity contribution is 0.129. The lowest BCUT2D eigenvalue weighted by Crippen LogP contribution is -2.39. The predicted molar refractivity (Wildman–Crippen MR) is 104 cm³/mol. The minimum atomic E-state index is 0.695. The van der Waals surface area contributed by atoms with E-state index in [2.05, 4.69) is 40.1 Å². The van der Waals surface area contributed by atoms with Gasteiger partial charge in [0, 0.05) is 37.6 Å². The highest BCUT2D eigenvalue weighted by molar-refractivity contribution is 7.09. The standard InChI is InChI=1S/C19H29N3O2S/c1-2-3-12-23-13-6-10-20-19(22-16-18-8-5-15-25-18)21-11-9-17-7-4-14-24-17/h4-5,7-8,14-15H,2-3,6,9-13,16H2,1H3,(H2,20,21,22). The minimum absolute atomic E-state index is 0.695. The van der Waals surface area contributed by atoms with Crippen molar-refractivity contribution in [3.63, 3.8) is 0 Å². The summed E-state index contributed by atoms with van der Waals surface area (Å²) in [4.78, 5) is 5.92. The first-order valence-electron chi connectivity index (χ1n) is 9.03. The molecule has 0 bridgehead atoms. The number of hydrogen-bond acceptors (Lipinski definition) is 4. The van der Waals surface area contributed by atoms with E-state index in [0.717, 1.165) is 57.3 Å². The molecular formula is C19H29N3O2S. The second-order valence-corrected chi connectivity index (χ2v) is 6.78. The summed E-state index contributed by atoms with van der Waals surface area (Å²) in [7, 11) is 0. The third kappa shape index (κ3) is 8.74. The summed E-state index contributed by atoms with van der Waals surface area (Å²) in [5.74, 6) is 1.82. The van der Waals surface area contributed by atoms with E-state index in [1.54, 1.807) is 17.6 Å². The van der Waals surface area contributed by atoms with Gasteiger partial charge in [-0.05, 0) is 36.4 Å². The van der Waals surface area contributed by atoms with E-state index in [4.69, 9.17) is 9.15 Å². The Labute approximate surface area is 154 Å². The third-order valence-electron chi connectivity index (χ3n) is 3.62. The number of nitrogens with zero attached hydrogens (tertiary/aromatic N) is 1. The van der Waals surface area contributed by atoms with Gasteiger partial charge in [0.2, 0.25) is 0 Å². The van der Waals surface area contributed by atoms with Gasteiger partial charge in [0.05, 0.1) is 12.8 Å². The van der Waals surface area contributed by atoms with Crippen molar-refractivity contribution in [3.8, 4) is 0 Å². The second kappa shape index (κ2) is 12.6. The largest absolute Gasteiger partial charge is 0.469 e. The average Bonchev–Trinajstić information content (AvgIpc) is 3.32. The molecule has 2 rings (SSSR count). The Hall–Kier alpha value is -1.79. The van der Waals surface area contributed by atoms with Crippen LogP contribution < -0.4 is 10.6 Å². The minimum Gasteiger partial charge on any atom is -0.469 e. The summed E-state index contributed by atoms with van der Waals surface area (Å²) in [6.45, 7) is 6.16. The highest BCUT2D eigenvalue weighted by atomic mass is 32.1. The molecule has 0 amide bonds. The Kier molecular flexibility index (Phi) is 9.81. The van der Waals surface area contributed by atoms with Crippen LogP contribution >= 0.6 is 11.3 Å². The van der Waals surface area contributed by atoms with Gasteiger partial charge in [-0.3, -0.25) is 0 Å². The predicted octanol–water partition coefficient (Wildman–Crippen LogP) is 3.83. The molecule has 138 valence electrons. The monoisotopic (exact) mass is 363 g/mol. The van der Waals surface area contributed by atoms with Crippen LogP contribution in [-0.4, -0.2) is 32.3 Å². The molecule has 0 saturated carbocycles. The van der Waals surface area contributed by atoms with E-state index in [-0.39, 0.29) is 0 Å². The van der Waals surface area contributed by atoms with Gasteiger partial charge in [0.1, 0.15) is 5.76 Å². The Bertz CT molecular complexity index is 568. The van der Waals surface area contributed by atoms with Gasteiger partial charge in [0.15, 0.2) is 5.96 Å². The topological polar surface area (TPSA) is 58.8 Å². The molecule has 0 aliphatic heterocycles. The van der Waals surface area contributed by atoms with E-state index < -0.39 is 0 Å². The van der Waals surface area contributed by atoms with Crippen LogP contribution in [0.1, 0.15) is 36.8 Å². The maximum Gasteiger partial charge on any atom is 0.191 e. The number of guanidine groups is 1. The van der Waals surface area contributed by atoms with E-state index in [9.17, 15) is 0 Å². The smallest absolute Gasteiger partial charge is 0.191 e. The Balaban J connectivity index is 1.70. The molecule has 25 heavy (non-hydrogen) atoms. The normalized spacial score (nSPS) is 11.6. The van der Waals surface area contributed by atoms with Gasteiger partial charge >= 0.3 is 0 Å². The number of aliphatic imine (C=N–C) groups is 1. The van der Waals surface area contributed by atoms with Crippen molar-refractivity contribution in [2.75, 3.05) is 26.3 Å². The number of hydrogen-bond donors (Lipinski definition) is 2. The van der Waals surface area contributed by atoms with Crippen molar-refractivity contribution in [1.29, 1.82) is 0 Å². The quantitative estimate of drug-likeness (QED) is 0.342. The van der Waals surface area contributed by atoms with Gasteiger partial charge in [-0.2, -0.15) is 0 Å². The lowest BCUT2D eigenvalue weighted by atomic mass is 10.3. The van der Waals surface area contributed by atoms with Crippen LogP contribution in [0.2, 0.25) is 0 Å². The second-order valence-electron chi connectivity index (χ2n) is 5.75. The van der Waals surface area contributed by atoms with E-state index in [1.807, 2.05) is 12.1 Å². The summed E-state index contributed by atoms with van der Waals surface area (Å²) in [6, 6.07) is 8.07. The number of thiophene rings is 1. The van der Waals surface area contributed by atoms with Crippen molar-refractivity contribution in [2.45, 2.75) is 39.2 Å². The molecule has 6 heteroatoms. The lowest BCUT2D eigenvalue weighted by Gasteiger charge is -2.12. The number of furan rings is 1. The fourth-order valence-corrected chi connectivity index (χ4v) is 2.85. The van der Waals surface area contributed by atoms with Crippen molar-refractivity contribution in [3.05, 3.63) is 46.5 Å². The highest BCUT2D eigenvalue weighted by Gasteiger charge is 2.01.